The fourth-order valence-corrected chi connectivity index (χ4v) is 2.16. The summed E-state index contributed by atoms with van der Waals surface area (Å²) < 4.78 is 11.8. The van der Waals surface area contributed by atoms with Gasteiger partial charge in [0.05, 0.1) is 26.4 Å². The topological polar surface area (TPSA) is 64.6 Å². The lowest BCUT2D eigenvalue weighted by atomic mass is 10.1. The Labute approximate surface area is 151 Å². The summed E-state index contributed by atoms with van der Waals surface area (Å²) in [6.07, 6.45) is 1.67. The van der Waals surface area contributed by atoms with Crippen LogP contribution in [0.5, 0.6) is 0 Å². The van der Waals surface area contributed by atoms with Gasteiger partial charge in [-0.15, -0.1) is 0 Å². The largest absolute Gasteiger partial charge is 0.379 e. The Balaban J connectivity index is 1.94. The molecular weight excluding hydrogens is 409 g/mol. The van der Waals surface area contributed by atoms with E-state index in [2.05, 4.69) is 27.9 Å². The molecule has 0 spiro atoms. The van der Waals surface area contributed by atoms with Crippen LogP contribution in [-0.4, -0.2) is 44.7 Å². The highest BCUT2D eigenvalue weighted by Gasteiger charge is 2.02. The van der Waals surface area contributed by atoms with Gasteiger partial charge in [-0.3, -0.25) is 9.59 Å². The molecule has 128 valence electrons. The van der Waals surface area contributed by atoms with Crippen LogP contribution in [0.4, 0.5) is 0 Å². The number of carbonyl (C=O) groups excluding carboxylic acids is 2. The SMILES string of the molecule is CC(=O)CCOCCOCCNC(=O)CCc1ccc(I)cc1. The van der Waals surface area contributed by atoms with Gasteiger partial charge in [-0.1, -0.05) is 12.1 Å². The number of hydrogen-bond donors (Lipinski definition) is 1. The second-order valence-electron chi connectivity index (χ2n) is 5.15. The second-order valence-corrected chi connectivity index (χ2v) is 6.40. The highest BCUT2D eigenvalue weighted by Crippen LogP contribution is 2.08. The number of Topliss-reactive ketones (excluding diaryl/α,β-unsaturated/α-hetero) is 1. The van der Waals surface area contributed by atoms with E-state index in [-0.39, 0.29) is 11.7 Å². The zero-order valence-corrected chi connectivity index (χ0v) is 15.6. The van der Waals surface area contributed by atoms with Crippen LogP contribution < -0.4 is 5.32 Å². The van der Waals surface area contributed by atoms with Crippen molar-refractivity contribution in [2.45, 2.75) is 26.2 Å². The van der Waals surface area contributed by atoms with Gasteiger partial charge in [-0.2, -0.15) is 0 Å². The highest BCUT2D eigenvalue weighted by atomic mass is 127. The third kappa shape index (κ3) is 11.2. The standard InChI is InChI=1S/C17H24INO4/c1-14(20)8-10-22-12-13-23-11-9-19-17(21)7-4-15-2-5-16(18)6-3-15/h2-3,5-6H,4,7-13H2,1H3,(H,19,21). The molecule has 0 saturated carbocycles. The Bertz CT molecular complexity index is 476. The van der Waals surface area contributed by atoms with Gasteiger partial charge in [0.15, 0.2) is 0 Å². The van der Waals surface area contributed by atoms with E-state index in [4.69, 9.17) is 9.47 Å². The molecule has 0 radical (unpaired) electrons. The van der Waals surface area contributed by atoms with E-state index >= 15 is 0 Å². The summed E-state index contributed by atoms with van der Waals surface area (Å²) in [5.74, 6) is 0.156. The van der Waals surface area contributed by atoms with E-state index in [0.717, 1.165) is 6.42 Å². The fourth-order valence-electron chi connectivity index (χ4n) is 1.80. The molecule has 6 heteroatoms. The van der Waals surface area contributed by atoms with Crippen molar-refractivity contribution in [2.24, 2.45) is 0 Å². The normalized spacial score (nSPS) is 10.5. The van der Waals surface area contributed by atoms with Crippen LogP contribution in [0.1, 0.15) is 25.3 Å². The van der Waals surface area contributed by atoms with Gasteiger partial charge in [0.25, 0.3) is 0 Å². The van der Waals surface area contributed by atoms with Crippen molar-refractivity contribution in [3.05, 3.63) is 33.4 Å². The lowest BCUT2D eigenvalue weighted by Gasteiger charge is -2.07. The Hall–Kier alpha value is -0.990. The molecule has 0 aliphatic heterocycles. The van der Waals surface area contributed by atoms with E-state index in [9.17, 15) is 9.59 Å². The van der Waals surface area contributed by atoms with Crippen LogP contribution in [0.15, 0.2) is 24.3 Å². The number of rotatable bonds is 12. The minimum Gasteiger partial charge on any atom is -0.379 e. The van der Waals surface area contributed by atoms with Crippen LogP contribution in [0.2, 0.25) is 0 Å². The third-order valence-electron chi connectivity index (χ3n) is 3.09. The van der Waals surface area contributed by atoms with Crippen LogP contribution in [-0.2, 0) is 25.5 Å². The van der Waals surface area contributed by atoms with E-state index in [1.807, 2.05) is 24.3 Å². The molecule has 0 bridgehead atoms. The average Bonchev–Trinajstić information content (AvgIpc) is 2.52. The first-order valence-corrected chi connectivity index (χ1v) is 8.82. The Kier molecular flexibility index (Phi) is 10.8. The maximum Gasteiger partial charge on any atom is 0.220 e. The summed E-state index contributed by atoms with van der Waals surface area (Å²) in [5, 5.41) is 2.83. The van der Waals surface area contributed by atoms with E-state index in [0.29, 0.717) is 45.8 Å². The minimum atomic E-state index is 0.0323. The maximum atomic E-state index is 11.7. The van der Waals surface area contributed by atoms with Gasteiger partial charge < -0.3 is 14.8 Å². The molecular formula is C17H24INO4. The van der Waals surface area contributed by atoms with Crippen molar-refractivity contribution < 1.29 is 19.1 Å². The van der Waals surface area contributed by atoms with Crippen molar-refractivity contribution in [3.8, 4) is 0 Å². The van der Waals surface area contributed by atoms with Gasteiger partial charge in [0, 0.05) is 23.0 Å². The molecule has 1 aromatic rings. The van der Waals surface area contributed by atoms with Gasteiger partial charge in [0.1, 0.15) is 5.78 Å². The van der Waals surface area contributed by atoms with E-state index < -0.39 is 0 Å². The van der Waals surface area contributed by atoms with Crippen molar-refractivity contribution >= 4 is 34.3 Å². The summed E-state index contributed by atoms with van der Waals surface area (Å²) in [6, 6.07) is 8.18. The number of carbonyl (C=O) groups is 2. The Morgan fingerprint density at radius 1 is 1.00 bits per heavy atom. The first-order valence-electron chi connectivity index (χ1n) is 7.74. The molecule has 1 amide bonds. The van der Waals surface area contributed by atoms with Crippen molar-refractivity contribution in [1.29, 1.82) is 0 Å². The number of amides is 1. The van der Waals surface area contributed by atoms with Crippen LogP contribution in [0.3, 0.4) is 0 Å². The second kappa shape index (κ2) is 12.4. The summed E-state index contributed by atoms with van der Waals surface area (Å²) in [5.41, 5.74) is 1.17. The van der Waals surface area contributed by atoms with Gasteiger partial charge in [-0.05, 0) is 53.6 Å². The molecule has 0 saturated heterocycles. The van der Waals surface area contributed by atoms with Crippen LogP contribution in [0.25, 0.3) is 0 Å². The first kappa shape index (κ1) is 20.1. The number of benzene rings is 1. The van der Waals surface area contributed by atoms with Gasteiger partial charge in [0.2, 0.25) is 5.91 Å². The fraction of sp³-hybridized carbons (Fsp3) is 0.529. The number of ether oxygens (including phenoxy) is 2. The first-order chi connectivity index (χ1) is 11.1. The summed E-state index contributed by atoms with van der Waals surface area (Å²) >= 11 is 2.26. The molecule has 23 heavy (non-hydrogen) atoms. The van der Waals surface area contributed by atoms with Crippen molar-refractivity contribution in [2.75, 3.05) is 33.0 Å². The van der Waals surface area contributed by atoms with Crippen molar-refractivity contribution in [3.63, 3.8) is 0 Å². The van der Waals surface area contributed by atoms with Gasteiger partial charge >= 0.3 is 0 Å². The number of hydrogen-bond acceptors (Lipinski definition) is 4. The third-order valence-corrected chi connectivity index (χ3v) is 3.81. The molecule has 0 aromatic heterocycles. The molecule has 1 N–H and O–H groups in total. The van der Waals surface area contributed by atoms with Crippen LogP contribution >= 0.6 is 22.6 Å². The molecule has 0 unspecified atom stereocenters. The Morgan fingerprint density at radius 2 is 1.65 bits per heavy atom. The number of aryl methyl sites for hydroxylation is 1. The van der Waals surface area contributed by atoms with Gasteiger partial charge in [-0.25, -0.2) is 0 Å². The lowest BCUT2D eigenvalue weighted by Crippen LogP contribution is -2.27. The zero-order valence-electron chi connectivity index (χ0n) is 13.5. The predicted octanol–water partition coefficient (Wildman–Crippen LogP) is 2.35. The van der Waals surface area contributed by atoms with E-state index in [1.54, 1.807) is 6.92 Å². The maximum absolute atomic E-state index is 11.7. The molecule has 5 nitrogen and oxygen atoms in total. The highest BCUT2D eigenvalue weighted by molar-refractivity contribution is 14.1. The predicted molar refractivity (Wildman–Crippen MR) is 97.4 cm³/mol. The lowest BCUT2D eigenvalue weighted by molar-refractivity contribution is -0.121. The molecule has 1 rings (SSSR count). The quantitative estimate of drug-likeness (QED) is 0.406. The summed E-state index contributed by atoms with van der Waals surface area (Å²) in [6.45, 7) is 3.88. The number of halogens is 1. The summed E-state index contributed by atoms with van der Waals surface area (Å²) in [7, 11) is 0. The zero-order chi connectivity index (χ0) is 16.9. The summed E-state index contributed by atoms with van der Waals surface area (Å²) in [4.78, 5) is 22.4. The van der Waals surface area contributed by atoms with Crippen LogP contribution in [0, 0.1) is 3.57 Å². The molecule has 1 aromatic carbocycles. The minimum absolute atomic E-state index is 0.0323. The van der Waals surface area contributed by atoms with E-state index in [1.165, 1.54) is 9.13 Å². The monoisotopic (exact) mass is 433 g/mol. The number of ketones is 1. The number of nitrogens with one attached hydrogen (secondary N) is 1. The van der Waals surface area contributed by atoms with Crippen molar-refractivity contribution in [1.82, 2.24) is 5.32 Å². The molecule has 0 heterocycles. The molecule has 0 atom stereocenters. The average molecular weight is 433 g/mol. The molecule has 0 fully saturated rings. The molecule has 0 aliphatic rings. The molecule has 0 aliphatic carbocycles. The smallest absolute Gasteiger partial charge is 0.220 e. The Morgan fingerprint density at radius 3 is 2.30 bits per heavy atom.